The van der Waals surface area contributed by atoms with Crippen molar-refractivity contribution in [3.63, 3.8) is 0 Å². The number of ether oxygens (including phenoxy) is 2. The van der Waals surface area contributed by atoms with E-state index in [2.05, 4.69) is 11.9 Å². The Morgan fingerprint density at radius 2 is 2.15 bits per heavy atom. The highest BCUT2D eigenvalue weighted by molar-refractivity contribution is 8.02. The fraction of sp³-hybridized carbons (Fsp3) is 0.600. The molecule has 1 aliphatic heterocycles. The fourth-order valence-electron chi connectivity index (χ4n) is 3.15. The number of hydrazone groups is 1. The average Bonchev–Trinajstić information content (AvgIpc) is 3.11. The van der Waals surface area contributed by atoms with Gasteiger partial charge in [0.15, 0.2) is 4.75 Å². The maximum atomic E-state index is 12.8. The minimum Gasteiger partial charge on any atom is -0.468 e. The number of carbonyl (C=O) groups is 1. The van der Waals surface area contributed by atoms with Crippen molar-refractivity contribution in [2.75, 3.05) is 27.4 Å². The summed E-state index contributed by atoms with van der Waals surface area (Å²) in [5, 5.41) is 6.77. The lowest BCUT2D eigenvalue weighted by Crippen LogP contribution is -2.40. The Bertz CT molecular complexity index is 582. The molecule has 1 saturated heterocycles. The number of thioether (sulfide) groups is 1. The molecule has 0 saturated carbocycles. The molecule has 6 heteroatoms. The molecular weight excluding hydrogens is 348 g/mol. The molecule has 0 N–H and O–H groups in total. The van der Waals surface area contributed by atoms with E-state index in [0.717, 1.165) is 37.1 Å². The molecule has 1 heterocycles. The van der Waals surface area contributed by atoms with Crippen LogP contribution >= 0.6 is 11.8 Å². The molecule has 2 atom stereocenters. The molecule has 1 fully saturated rings. The van der Waals surface area contributed by atoms with Crippen LogP contribution < -0.4 is 0 Å². The lowest BCUT2D eigenvalue weighted by molar-refractivity contribution is -0.141. The third-order valence-corrected chi connectivity index (χ3v) is 5.94. The summed E-state index contributed by atoms with van der Waals surface area (Å²) in [7, 11) is 3.16. The second-order valence-corrected chi connectivity index (χ2v) is 7.96. The maximum Gasteiger partial charge on any atom is 0.327 e. The Labute approximate surface area is 161 Å². The van der Waals surface area contributed by atoms with Crippen molar-refractivity contribution in [1.29, 1.82) is 0 Å². The molecule has 2 rings (SSSR count). The van der Waals surface area contributed by atoms with Gasteiger partial charge in [0.1, 0.15) is 0 Å². The van der Waals surface area contributed by atoms with Gasteiger partial charge in [0.2, 0.25) is 0 Å². The van der Waals surface area contributed by atoms with E-state index in [0.29, 0.717) is 13.0 Å². The van der Waals surface area contributed by atoms with Crippen LogP contribution in [0.5, 0.6) is 0 Å². The Morgan fingerprint density at radius 1 is 1.38 bits per heavy atom. The predicted molar refractivity (Wildman–Crippen MR) is 107 cm³/mol. The van der Waals surface area contributed by atoms with Crippen LogP contribution in [0.2, 0.25) is 0 Å². The highest BCUT2D eigenvalue weighted by Crippen LogP contribution is 2.37. The van der Waals surface area contributed by atoms with E-state index in [1.807, 2.05) is 30.3 Å². The molecule has 0 radical (unpaired) electrons. The van der Waals surface area contributed by atoms with E-state index in [9.17, 15) is 4.79 Å². The average molecular weight is 379 g/mol. The normalized spacial score (nSPS) is 19.7. The van der Waals surface area contributed by atoms with Gasteiger partial charge in [0.05, 0.1) is 26.0 Å². The van der Waals surface area contributed by atoms with Crippen LogP contribution in [0.1, 0.15) is 39.0 Å². The van der Waals surface area contributed by atoms with Crippen molar-refractivity contribution in [3.05, 3.63) is 30.3 Å². The number of unbranched alkanes of at least 4 members (excludes halogenated alkanes) is 1. The summed E-state index contributed by atoms with van der Waals surface area (Å²) >= 11 is 1.52. The van der Waals surface area contributed by atoms with Crippen molar-refractivity contribution < 1.29 is 14.3 Å². The Balaban J connectivity index is 2.27. The number of methoxy groups -OCH3 is 2. The van der Waals surface area contributed by atoms with Crippen molar-refractivity contribution in [2.45, 2.75) is 54.7 Å². The molecular formula is C20H30N2O3S. The predicted octanol–water partition coefficient (Wildman–Crippen LogP) is 3.98. The van der Waals surface area contributed by atoms with Gasteiger partial charge in [0.25, 0.3) is 0 Å². The van der Waals surface area contributed by atoms with E-state index in [1.54, 1.807) is 13.3 Å². The molecule has 0 aliphatic carbocycles. The number of hydrogen-bond acceptors (Lipinski definition) is 6. The minimum atomic E-state index is -0.813. The molecule has 0 bridgehead atoms. The monoisotopic (exact) mass is 378 g/mol. The van der Waals surface area contributed by atoms with Crippen LogP contribution in [0.15, 0.2) is 40.3 Å². The lowest BCUT2D eigenvalue weighted by atomic mass is 10.0. The lowest BCUT2D eigenvalue weighted by Gasteiger charge is -2.28. The Hall–Kier alpha value is -1.53. The summed E-state index contributed by atoms with van der Waals surface area (Å²) in [6, 6.07) is 10.3. The molecule has 1 aromatic rings. The highest BCUT2D eigenvalue weighted by atomic mass is 32.2. The summed E-state index contributed by atoms with van der Waals surface area (Å²) in [5.74, 6) is -0.244. The van der Waals surface area contributed by atoms with Gasteiger partial charge in [-0.3, -0.25) is 9.80 Å². The Kier molecular flexibility index (Phi) is 8.45. The van der Waals surface area contributed by atoms with E-state index < -0.39 is 4.75 Å². The van der Waals surface area contributed by atoms with Gasteiger partial charge in [0, 0.05) is 18.6 Å². The number of carbonyl (C=O) groups excluding carboxylic acids is 1. The number of esters is 1. The van der Waals surface area contributed by atoms with Crippen molar-refractivity contribution in [3.8, 4) is 0 Å². The quantitative estimate of drug-likeness (QED) is 0.350. The summed E-state index contributed by atoms with van der Waals surface area (Å²) in [4.78, 5) is 13.8. The molecule has 5 nitrogen and oxygen atoms in total. The van der Waals surface area contributed by atoms with Gasteiger partial charge in [-0.15, -0.1) is 11.8 Å². The summed E-state index contributed by atoms with van der Waals surface area (Å²) in [6.45, 7) is 3.68. The standard InChI is InChI=1S/C20H30N2O3S/c1-4-5-13-20(19(23)25-3,26-18-11-7-6-8-12-18)16-21-22-14-9-10-17(22)15-24-2/h6-8,11-12,16-17H,4-5,9-10,13-15H2,1-3H3/b21-16+/t17-,20+/m0/s1. The topological polar surface area (TPSA) is 51.1 Å². The largest absolute Gasteiger partial charge is 0.468 e. The van der Waals surface area contributed by atoms with Crippen LogP contribution in [0.3, 0.4) is 0 Å². The number of rotatable bonds is 10. The first-order valence-corrected chi connectivity index (χ1v) is 10.1. The van der Waals surface area contributed by atoms with Crippen LogP contribution in [0.4, 0.5) is 0 Å². The van der Waals surface area contributed by atoms with Crippen LogP contribution in [-0.4, -0.2) is 55.4 Å². The van der Waals surface area contributed by atoms with Gasteiger partial charge in [-0.2, -0.15) is 5.10 Å². The minimum absolute atomic E-state index is 0.244. The van der Waals surface area contributed by atoms with Crippen molar-refractivity contribution >= 4 is 23.9 Å². The van der Waals surface area contributed by atoms with E-state index >= 15 is 0 Å². The van der Waals surface area contributed by atoms with Gasteiger partial charge in [-0.1, -0.05) is 38.0 Å². The van der Waals surface area contributed by atoms with Gasteiger partial charge >= 0.3 is 5.97 Å². The van der Waals surface area contributed by atoms with Crippen LogP contribution in [-0.2, 0) is 14.3 Å². The van der Waals surface area contributed by atoms with Crippen molar-refractivity contribution in [2.24, 2.45) is 5.10 Å². The first-order valence-electron chi connectivity index (χ1n) is 9.28. The molecule has 0 aromatic heterocycles. The third kappa shape index (κ3) is 5.48. The Morgan fingerprint density at radius 3 is 2.81 bits per heavy atom. The molecule has 1 aliphatic rings. The SMILES string of the molecule is CCCC[C@](/C=N/N1CCC[C@H]1COC)(Sc1ccccc1)C(=O)OC. The van der Waals surface area contributed by atoms with Crippen LogP contribution in [0, 0.1) is 0 Å². The number of nitrogens with zero attached hydrogens (tertiary/aromatic N) is 2. The first kappa shape index (κ1) is 20.8. The molecule has 0 unspecified atom stereocenters. The second-order valence-electron chi connectivity index (χ2n) is 6.56. The fourth-order valence-corrected chi connectivity index (χ4v) is 4.38. The van der Waals surface area contributed by atoms with Gasteiger partial charge in [-0.25, -0.2) is 0 Å². The number of benzene rings is 1. The third-order valence-electron chi connectivity index (χ3n) is 4.60. The van der Waals surface area contributed by atoms with Crippen molar-refractivity contribution in [1.82, 2.24) is 5.01 Å². The van der Waals surface area contributed by atoms with E-state index in [4.69, 9.17) is 14.6 Å². The van der Waals surface area contributed by atoms with Gasteiger partial charge in [-0.05, 0) is 31.4 Å². The first-order chi connectivity index (χ1) is 12.6. The molecule has 0 amide bonds. The second kappa shape index (κ2) is 10.6. The zero-order valence-corrected chi connectivity index (χ0v) is 16.8. The molecule has 0 spiro atoms. The van der Waals surface area contributed by atoms with Gasteiger partial charge < -0.3 is 9.47 Å². The van der Waals surface area contributed by atoms with E-state index in [-0.39, 0.29) is 12.0 Å². The maximum absolute atomic E-state index is 12.8. The zero-order valence-electron chi connectivity index (χ0n) is 16.0. The zero-order chi connectivity index (χ0) is 18.8. The summed E-state index contributed by atoms with van der Waals surface area (Å²) in [6.07, 6.45) is 6.61. The number of hydrogen-bond donors (Lipinski definition) is 0. The smallest absolute Gasteiger partial charge is 0.327 e. The summed E-state index contributed by atoms with van der Waals surface area (Å²) in [5.41, 5.74) is 0. The molecule has 26 heavy (non-hydrogen) atoms. The highest BCUT2D eigenvalue weighted by Gasteiger charge is 2.39. The summed E-state index contributed by atoms with van der Waals surface area (Å²) < 4.78 is 9.67. The van der Waals surface area contributed by atoms with Crippen LogP contribution in [0.25, 0.3) is 0 Å². The molecule has 144 valence electrons. The molecule has 1 aromatic carbocycles. The van der Waals surface area contributed by atoms with E-state index in [1.165, 1.54) is 18.9 Å².